The Bertz CT molecular complexity index is 904. The second-order valence-electron chi connectivity index (χ2n) is 6.39. The number of nitriles is 1. The first-order valence-corrected chi connectivity index (χ1v) is 8.77. The van der Waals surface area contributed by atoms with Gasteiger partial charge in [0.15, 0.2) is 0 Å². The van der Waals surface area contributed by atoms with Crippen LogP contribution in [-0.4, -0.2) is 27.0 Å². The minimum Gasteiger partial charge on any atom is -0.462 e. The number of hydrogen-bond donors (Lipinski definition) is 1. The zero-order chi connectivity index (χ0) is 20.4. The molecule has 0 unspecified atom stereocenters. The van der Waals surface area contributed by atoms with Crippen molar-refractivity contribution in [3.63, 3.8) is 0 Å². The Balaban J connectivity index is 0.000000346. The fourth-order valence-electron chi connectivity index (χ4n) is 2.21. The quantitative estimate of drug-likeness (QED) is 0.658. The molecule has 142 valence electrons. The third-order valence-electron chi connectivity index (χ3n) is 3.37. The van der Waals surface area contributed by atoms with Crippen molar-refractivity contribution in [1.29, 1.82) is 5.26 Å². The van der Waals surface area contributed by atoms with Crippen LogP contribution in [-0.2, 0) is 9.53 Å². The van der Waals surface area contributed by atoms with Gasteiger partial charge in [0, 0.05) is 23.5 Å². The largest absolute Gasteiger partial charge is 0.462 e. The van der Waals surface area contributed by atoms with Crippen LogP contribution >= 0.6 is 0 Å². The smallest absolute Gasteiger partial charge is 0.293 e. The Morgan fingerprint density at radius 3 is 2.26 bits per heavy atom. The molecule has 3 rings (SSSR count). The molecule has 0 aliphatic carbocycles. The van der Waals surface area contributed by atoms with Crippen LogP contribution in [0.15, 0.2) is 36.7 Å². The molecule has 0 saturated heterocycles. The molecular weight excluding hydrogens is 340 g/mol. The van der Waals surface area contributed by atoms with Crippen molar-refractivity contribution < 1.29 is 9.53 Å². The normalized spacial score (nSPS) is 9.96. The summed E-state index contributed by atoms with van der Waals surface area (Å²) >= 11 is 0. The van der Waals surface area contributed by atoms with E-state index in [0.29, 0.717) is 12.2 Å². The van der Waals surface area contributed by atoms with Gasteiger partial charge in [0.25, 0.3) is 6.47 Å². The van der Waals surface area contributed by atoms with Crippen molar-refractivity contribution in [1.82, 2.24) is 15.0 Å². The van der Waals surface area contributed by atoms with Gasteiger partial charge >= 0.3 is 0 Å². The minimum atomic E-state index is -0.318. The molecule has 0 aromatic carbocycles. The van der Waals surface area contributed by atoms with Crippen LogP contribution in [0.1, 0.15) is 45.9 Å². The molecule has 0 amide bonds. The van der Waals surface area contributed by atoms with Crippen LogP contribution in [0, 0.1) is 18.3 Å². The number of aryl methyl sites for hydroxylation is 1. The van der Waals surface area contributed by atoms with Crippen molar-refractivity contribution in [2.45, 2.75) is 47.1 Å². The molecule has 0 spiro atoms. The van der Waals surface area contributed by atoms with Gasteiger partial charge in [-0.3, -0.25) is 9.78 Å². The molecular formula is C21H26N4O2. The van der Waals surface area contributed by atoms with Crippen molar-refractivity contribution in [3.05, 3.63) is 47.9 Å². The van der Waals surface area contributed by atoms with Gasteiger partial charge in [0.1, 0.15) is 17.4 Å². The lowest BCUT2D eigenvalue weighted by molar-refractivity contribution is -0.138. The standard InChI is InChI=1S/C14H10N4.C5H10O2.C2H6/c1-9-13(10-4-6-16-7-5-10)18-12-3-2-11(8-15)17-14(9)12;1-5(2,3)7-4-6;1-2/h2-7,18H,1H3;4H,1-3H3;1-2H3. The van der Waals surface area contributed by atoms with Crippen molar-refractivity contribution in [2.75, 3.05) is 0 Å². The van der Waals surface area contributed by atoms with E-state index in [4.69, 9.17) is 5.26 Å². The summed E-state index contributed by atoms with van der Waals surface area (Å²) in [6.45, 7) is 11.9. The first-order valence-electron chi connectivity index (χ1n) is 8.77. The highest BCUT2D eigenvalue weighted by atomic mass is 16.5. The zero-order valence-electron chi connectivity index (χ0n) is 16.7. The van der Waals surface area contributed by atoms with Crippen molar-refractivity contribution >= 4 is 17.5 Å². The van der Waals surface area contributed by atoms with Crippen LogP contribution in [0.25, 0.3) is 22.3 Å². The second-order valence-corrected chi connectivity index (χ2v) is 6.39. The van der Waals surface area contributed by atoms with Gasteiger partial charge in [-0.25, -0.2) is 4.98 Å². The number of aromatic nitrogens is 3. The number of carbonyl (C=O) groups excluding carboxylic acids is 1. The maximum absolute atomic E-state index is 9.60. The Labute approximate surface area is 160 Å². The van der Waals surface area contributed by atoms with Gasteiger partial charge in [-0.05, 0) is 52.0 Å². The summed E-state index contributed by atoms with van der Waals surface area (Å²) in [5.74, 6) is 0. The van der Waals surface area contributed by atoms with Crippen LogP contribution in [0.2, 0.25) is 0 Å². The van der Waals surface area contributed by atoms with Gasteiger partial charge in [-0.15, -0.1) is 0 Å². The third-order valence-corrected chi connectivity index (χ3v) is 3.37. The molecule has 6 heteroatoms. The highest BCUT2D eigenvalue weighted by Crippen LogP contribution is 2.28. The highest BCUT2D eigenvalue weighted by Gasteiger charge is 2.11. The molecule has 3 heterocycles. The molecule has 27 heavy (non-hydrogen) atoms. The molecule has 0 aliphatic rings. The molecule has 0 aliphatic heterocycles. The first-order chi connectivity index (χ1) is 12.9. The number of nitrogens with one attached hydrogen (secondary N) is 1. The number of rotatable bonds is 2. The summed E-state index contributed by atoms with van der Waals surface area (Å²) in [5, 5.41) is 8.88. The summed E-state index contributed by atoms with van der Waals surface area (Å²) in [7, 11) is 0. The number of pyridine rings is 2. The zero-order valence-corrected chi connectivity index (χ0v) is 16.7. The molecule has 0 saturated carbocycles. The van der Waals surface area contributed by atoms with Crippen molar-refractivity contribution in [2.24, 2.45) is 0 Å². The van der Waals surface area contributed by atoms with E-state index < -0.39 is 0 Å². The number of fused-ring (bicyclic) bond motifs is 1. The Morgan fingerprint density at radius 2 is 1.78 bits per heavy atom. The van der Waals surface area contributed by atoms with Crippen LogP contribution < -0.4 is 0 Å². The van der Waals surface area contributed by atoms with Gasteiger partial charge < -0.3 is 9.72 Å². The fraction of sp³-hybridized carbons (Fsp3) is 0.333. The summed E-state index contributed by atoms with van der Waals surface area (Å²) < 4.78 is 4.55. The van der Waals surface area contributed by atoms with Crippen LogP contribution in [0.5, 0.6) is 0 Å². The topological polar surface area (TPSA) is 91.7 Å². The summed E-state index contributed by atoms with van der Waals surface area (Å²) in [4.78, 5) is 21.3. The van der Waals surface area contributed by atoms with Crippen molar-refractivity contribution in [3.8, 4) is 17.3 Å². The summed E-state index contributed by atoms with van der Waals surface area (Å²) in [6, 6.07) is 9.56. The maximum atomic E-state index is 9.60. The Hall–Kier alpha value is -3.20. The number of ether oxygens (including phenoxy) is 1. The van der Waals surface area contributed by atoms with E-state index in [0.717, 1.165) is 27.9 Å². The maximum Gasteiger partial charge on any atom is 0.293 e. The first kappa shape index (κ1) is 21.8. The fourth-order valence-corrected chi connectivity index (χ4v) is 2.21. The number of carbonyl (C=O) groups is 1. The molecule has 6 nitrogen and oxygen atoms in total. The summed E-state index contributed by atoms with van der Waals surface area (Å²) in [5.41, 5.74) is 5.05. The SMILES string of the molecule is CC.CC(C)(C)OC=O.Cc1c(-c2ccncc2)[nH]c2ccc(C#N)nc12. The lowest BCUT2D eigenvalue weighted by atomic mass is 10.1. The van der Waals surface area contributed by atoms with Crippen LogP contribution in [0.4, 0.5) is 0 Å². The number of nitrogens with zero attached hydrogens (tertiary/aromatic N) is 3. The van der Waals surface area contributed by atoms with Gasteiger partial charge in [0.2, 0.25) is 0 Å². The molecule has 3 aromatic heterocycles. The molecule has 0 fully saturated rings. The Morgan fingerprint density at radius 1 is 1.15 bits per heavy atom. The van der Waals surface area contributed by atoms with Gasteiger partial charge in [-0.2, -0.15) is 5.26 Å². The van der Waals surface area contributed by atoms with Crippen LogP contribution in [0.3, 0.4) is 0 Å². The molecule has 3 aromatic rings. The molecule has 0 bridgehead atoms. The molecule has 1 N–H and O–H groups in total. The van der Waals surface area contributed by atoms with E-state index in [9.17, 15) is 4.79 Å². The van der Waals surface area contributed by atoms with E-state index in [1.165, 1.54) is 0 Å². The number of H-pyrrole nitrogens is 1. The predicted octanol–water partition coefficient (Wildman–Crippen LogP) is 4.79. The van der Waals surface area contributed by atoms with E-state index >= 15 is 0 Å². The lowest BCUT2D eigenvalue weighted by Crippen LogP contribution is -2.17. The Kier molecular flexibility index (Phi) is 8.15. The van der Waals surface area contributed by atoms with E-state index in [1.54, 1.807) is 18.5 Å². The number of aromatic amines is 1. The van der Waals surface area contributed by atoms with E-state index in [1.807, 2.05) is 59.7 Å². The monoisotopic (exact) mass is 366 g/mol. The van der Waals surface area contributed by atoms with Gasteiger partial charge in [-0.1, -0.05) is 13.8 Å². The molecule has 0 atom stereocenters. The average Bonchev–Trinajstić information content (AvgIpc) is 3.00. The highest BCUT2D eigenvalue weighted by molar-refractivity contribution is 5.87. The molecule has 0 radical (unpaired) electrons. The van der Waals surface area contributed by atoms with E-state index in [2.05, 4.69) is 25.8 Å². The lowest BCUT2D eigenvalue weighted by Gasteiger charge is -2.14. The number of hydrogen-bond acceptors (Lipinski definition) is 5. The third kappa shape index (κ3) is 6.23. The predicted molar refractivity (Wildman–Crippen MR) is 107 cm³/mol. The second kappa shape index (κ2) is 10.1. The van der Waals surface area contributed by atoms with E-state index in [-0.39, 0.29) is 5.60 Å². The average molecular weight is 366 g/mol. The summed E-state index contributed by atoms with van der Waals surface area (Å²) in [6.07, 6.45) is 3.52. The van der Waals surface area contributed by atoms with Gasteiger partial charge in [0.05, 0.1) is 16.7 Å². The minimum absolute atomic E-state index is 0.318.